The number of aryl methyl sites for hydroxylation is 1. The number of hydrogen-bond acceptors (Lipinski definition) is 6. The van der Waals surface area contributed by atoms with Gasteiger partial charge >= 0.3 is 7.82 Å². The fourth-order valence-corrected chi connectivity index (χ4v) is 4.09. The highest BCUT2D eigenvalue weighted by Crippen LogP contribution is 2.36. The van der Waals surface area contributed by atoms with E-state index in [0.717, 1.165) is 5.56 Å². The van der Waals surface area contributed by atoms with Crippen LogP contribution in [0.2, 0.25) is 5.02 Å². The quantitative estimate of drug-likeness (QED) is 0.0965. The molecule has 0 atom stereocenters. The first-order valence-electron chi connectivity index (χ1n) is 9.89. The lowest BCUT2D eigenvalue weighted by Gasteiger charge is -2.21. The first kappa shape index (κ1) is 27.9. The minimum Gasteiger partial charge on any atom is -0.383 e. The summed E-state index contributed by atoms with van der Waals surface area (Å²) >= 11 is 6.20. The van der Waals surface area contributed by atoms with Crippen LogP contribution in [0.3, 0.4) is 0 Å². The van der Waals surface area contributed by atoms with Gasteiger partial charge in [-0.2, -0.15) is 0 Å². The van der Waals surface area contributed by atoms with E-state index in [1.54, 1.807) is 44.2 Å². The number of nitrogens with zero attached hydrogens (tertiary/aromatic N) is 3. The van der Waals surface area contributed by atoms with Crippen molar-refractivity contribution in [3.63, 3.8) is 0 Å². The van der Waals surface area contributed by atoms with Crippen LogP contribution < -0.4 is 5.73 Å². The van der Waals surface area contributed by atoms with Gasteiger partial charge in [0.05, 0.1) is 18.2 Å². The number of halogens is 1. The third-order valence-corrected chi connectivity index (χ3v) is 6.44. The third-order valence-electron chi connectivity index (χ3n) is 4.48. The number of allylic oxidation sites excluding steroid dienone is 1. The highest BCUT2D eigenvalue weighted by Gasteiger charge is 2.16. The van der Waals surface area contributed by atoms with E-state index in [1.807, 2.05) is 0 Å². The summed E-state index contributed by atoms with van der Waals surface area (Å²) in [6.07, 6.45) is 5.32. The summed E-state index contributed by atoms with van der Waals surface area (Å²) in [7, 11) is -4.68. The molecule has 0 fully saturated rings. The Morgan fingerprint density at radius 2 is 2.00 bits per heavy atom. The molecule has 0 aliphatic heterocycles. The van der Waals surface area contributed by atoms with E-state index in [0.29, 0.717) is 44.8 Å². The predicted molar refractivity (Wildman–Crippen MR) is 135 cm³/mol. The Balaban J connectivity index is 2.34. The number of phosphoric ester groups is 1. The Hall–Kier alpha value is -2.37. The van der Waals surface area contributed by atoms with Crippen molar-refractivity contribution in [2.24, 2.45) is 0 Å². The number of hydrogen-bond donors (Lipinski definition) is 5. The average Bonchev–Trinajstić information content (AvgIpc) is 2.76. The molecule has 5 N–H and O–H groups in total. The molecule has 1 aromatic carbocycles. The van der Waals surface area contributed by atoms with Crippen molar-refractivity contribution >= 4 is 54.1 Å². The van der Waals surface area contributed by atoms with Gasteiger partial charge in [-0.25, -0.2) is 14.5 Å². The van der Waals surface area contributed by atoms with E-state index in [2.05, 4.69) is 14.5 Å². The minimum absolute atomic E-state index is 0.0432. The molecular formula is C21H26ClN4O6PS. The molecule has 1 aromatic heterocycles. The number of anilines is 1. The fraction of sp³-hybridized carbons (Fsp3) is 0.238. The van der Waals surface area contributed by atoms with Gasteiger partial charge < -0.3 is 25.5 Å². The van der Waals surface area contributed by atoms with Crippen molar-refractivity contribution in [2.45, 2.75) is 26.8 Å². The van der Waals surface area contributed by atoms with E-state index < -0.39 is 7.82 Å². The second kappa shape index (κ2) is 12.9. The molecule has 13 heteroatoms. The maximum Gasteiger partial charge on any atom is 0.469 e. The summed E-state index contributed by atoms with van der Waals surface area (Å²) in [5, 5.41) is 11.0. The summed E-state index contributed by atoms with van der Waals surface area (Å²) in [6.45, 7) is 3.09. The topological polar surface area (TPSA) is 159 Å². The molecule has 1 heterocycles. The van der Waals surface area contributed by atoms with Crippen molar-refractivity contribution in [1.29, 1.82) is 0 Å². The van der Waals surface area contributed by atoms with Crippen LogP contribution in [-0.4, -0.2) is 47.8 Å². The number of carbonyl (C=O) groups excluding carboxylic acids is 1. The van der Waals surface area contributed by atoms with Crippen molar-refractivity contribution < 1.29 is 28.8 Å². The number of benzene rings is 1. The van der Waals surface area contributed by atoms with E-state index in [1.165, 1.54) is 17.2 Å². The second-order valence-corrected chi connectivity index (χ2v) is 9.92. The average molecular weight is 529 g/mol. The fourth-order valence-electron chi connectivity index (χ4n) is 2.72. The van der Waals surface area contributed by atoms with Crippen molar-refractivity contribution in [3.8, 4) is 0 Å². The van der Waals surface area contributed by atoms with Crippen LogP contribution in [0.25, 0.3) is 6.08 Å². The number of nitrogens with two attached hydrogens (primary N) is 1. The van der Waals surface area contributed by atoms with Gasteiger partial charge in [-0.3, -0.25) is 9.32 Å². The number of aliphatic hydroxyl groups is 1. The number of nitrogen functional groups attached to an aromatic ring is 1. The number of phosphoric acid groups is 1. The Kier molecular flexibility index (Phi) is 10.6. The van der Waals surface area contributed by atoms with Gasteiger partial charge in [-0.15, -0.1) is 11.4 Å². The van der Waals surface area contributed by atoms with Gasteiger partial charge in [0, 0.05) is 33.8 Å². The van der Waals surface area contributed by atoms with Crippen molar-refractivity contribution in [1.82, 2.24) is 14.9 Å². The van der Waals surface area contributed by atoms with E-state index >= 15 is 0 Å². The highest BCUT2D eigenvalue weighted by atomic mass is 35.5. The maximum atomic E-state index is 11.8. The maximum absolute atomic E-state index is 11.8. The molecule has 1 amide bonds. The molecule has 184 valence electrons. The smallest absolute Gasteiger partial charge is 0.383 e. The first-order chi connectivity index (χ1) is 16.0. The van der Waals surface area contributed by atoms with Gasteiger partial charge in [0.15, 0.2) is 0 Å². The van der Waals surface area contributed by atoms with Crippen LogP contribution in [0, 0.1) is 6.92 Å². The van der Waals surface area contributed by atoms with E-state index in [-0.39, 0.29) is 30.4 Å². The van der Waals surface area contributed by atoms with Crippen LogP contribution in [0.5, 0.6) is 0 Å². The molecule has 2 aromatic rings. The summed E-state index contributed by atoms with van der Waals surface area (Å²) < 4.78 is 15.6. The normalized spacial score (nSPS) is 13.4. The largest absolute Gasteiger partial charge is 0.469 e. The van der Waals surface area contributed by atoms with Crippen molar-refractivity contribution in [2.75, 3.05) is 12.3 Å². The van der Waals surface area contributed by atoms with Crippen LogP contribution in [0.1, 0.15) is 30.3 Å². The molecular weight excluding hydrogens is 503 g/mol. The van der Waals surface area contributed by atoms with Crippen molar-refractivity contribution in [3.05, 3.63) is 69.1 Å². The summed E-state index contributed by atoms with van der Waals surface area (Å²) in [6, 6.07) is 6.99. The summed E-state index contributed by atoms with van der Waals surface area (Å²) in [5.41, 5.74) is 7.72. The lowest BCUT2D eigenvalue weighted by molar-refractivity contribution is -0.116. The lowest BCUT2D eigenvalue weighted by Crippen LogP contribution is -2.22. The number of thiol groups is 1. The van der Waals surface area contributed by atoms with E-state index in [9.17, 15) is 14.5 Å². The Morgan fingerprint density at radius 1 is 1.32 bits per heavy atom. The zero-order valence-electron chi connectivity index (χ0n) is 18.5. The molecule has 0 saturated carbocycles. The molecule has 0 spiro atoms. The van der Waals surface area contributed by atoms with Gasteiger partial charge in [0.2, 0.25) is 6.41 Å². The zero-order valence-corrected chi connectivity index (χ0v) is 21.0. The molecule has 0 unspecified atom stereocenters. The molecule has 0 bridgehead atoms. The van der Waals surface area contributed by atoms with E-state index in [4.69, 9.17) is 27.1 Å². The number of rotatable bonds is 11. The molecule has 2 rings (SSSR count). The Bertz CT molecular complexity index is 1150. The van der Waals surface area contributed by atoms with Gasteiger partial charge in [0.1, 0.15) is 11.6 Å². The van der Waals surface area contributed by atoms with Crippen LogP contribution >= 0.6 is 30.8 Å². The van der Waals surface area contributed by atoms with Crippen LogP contribution in [0.4, 0.5) is 5.82 Å². The minimum atomic E-state index is -4.68. The number of carbonyl (C=O) groups is 1. The SMILES string of the molecule is C/C(=C(CCOP(=O)(O)O)/[SH]=C(O)\C=C\c1ccc(Cl)cc1)N(C=O)Cc1cnc(C)nc1N. The van der Waals surface area contributed by atoms with Crippen LogP contribution in [-0.2, 0) is 20.4 Å². The molecule has 34 heavy (non-hydrogen) atoms. The molecule has 0 saturated heterocycles. The number of amides is 1. The zero-order chi connectivity index (χ0) is 25.3. The molecule has 0 aliphatic carbocycles. The standard InChI is InChI=1S/C21H26ClN4O6PS/c1-14(26(13-27)12-17-11-24-15(2)25-21(17)23)19(9-10-32-33(29,30)31)34-20(28)8-5-16-3-6-18(22)7-4-16/h3-8,11,13,28,34H,9-10,12H2,1-2H3,(H2,23,24,25)(H2,29,30,31)/b8-5+,19-14-. The predicted octanol–water partition coefficient (Wildman–Crippen LogP) is 3.58. The first-order valence-corrected chi connectivity index (χ1v) is 12.7. The van der Waals surface area contributed by atoms with Gasteiger partial charge in [0.25, 0.3) is 0 Å². The molecule has 0 radical (unpaired) electrons. The van der Waals surface area contributed by atoms with Gasteiger partial charge in [-0.05, 0) is 37.6 Å². The number of aliphatic hydroxyl groups excluding tert-OH is 1. The highest BCUT2D eigenvalue weighted by molar-refractivity contribution is 8.02. The monoisotopic (exact) mass is 528 g/mol. The third kappa shape index (κ3) is 9.47. The number of aromatic nitrogens is 2. The lowest BCUT2D eigenvalue weighted by atomic mass is 10.2. The molecule has 0 aliphatic rings. The summed E-state index contributed by atoms with van der Waals surface area (Å²) in [4.78, 5) is 39.9. The van der Waals surface area contributed by atoms with Gasteiger partial charge in [-0.1, -0.05) is 29.8 Å². The summed E-state index contributed by atoms with van der Waals surface area (Å²) in [5.74, 6) is 0.725. The second-order valence-electron chi connectivity index (χ2n) is 7.02. The molecule has 10 nitrogen and oxygen atoms in total. The van der Waals surface area contributed by atoms with Crippen LogP contribution in [0.15, 0.2) is 47.1 Å². The Morgan fingerprint density at radius 3 is 2.59 bits per heavy atom. The Labute approximate surface area is 206 Å².